The van der Waals surface area contributed by atoms with E-state index in [1.54, 1.807) is 48.5 Å². The lowest BCUT2D eigenvalue weighted by Gasteiger charge is -2.26. The number of para-hydroxylation sites is 2. The summed E-state index contributed by atoms with van der Waals surface area (Å²) < 4.78 is 0. The number of benzene rings is 3. The summed E-state index contributed by atoms with van der Waals surface area (Å²) in [7, 11) is 0. The molecule has 6 heteroatoms. The van der Waals surface area contributed by atoms with E-state index in [-0.39, 0.29) is 0 Å². The Kier molecular flexibility index (Phi) is 4.70. The Hall–Kier alpha value is -3.77. The Bertz CT molecular complexity index is 1050. The molecule has 1 aromatic heterocycles. The number of imidazole rings is 1. The number of aromatic nitrogens is 2. The van der Waals surface area contributed by atoms with Crippen LogP contribution in [0.3, 0.4) is 0 Å². The molecular weight excluding hydrogens is 352 g/mol. The van der Waals surface area contributed by atoms with E-state index in [4.69, 9.17) is 0 Å². The highest BCUT2D eigenvalue weighted by atomic mass is 16.3. The lowest BCUT2D eigenvalue weighted by molar-refractivity contribution is -0.136. The molecule has 0 radical (unpaired) electrons. The zero-order valence-electron chi connectivity index (χ0n) is 14.9. The first-order valence-corrected chi connectivity index (χ1v) is 8.79. The van der Waals surface area contributed by atoms with Crippen molar-refractivity contribution in [1.29, 1.82) is 0 Å². The Morgan fingerprint density at radius 3 is 2.11 bits per heavy atom. The number of amides is 1. The number of aliphatic hydroxyl groups is 1. The summed E-state index contributed by atoms with van der Waals surface area (Å²) >= 11 is 0. The minimum atomic E-state index is -1.87. The van der Waals surface area contributed by atoms with E-state index in [2.05, 4.69) is 20.5 Å². The van der Waals surface area contributed by atoms with E-state index in [0.717, 1.165) is 11.0 Å². The molecule has 0 spiro atoms. The fourth-order valence-corrected chi connectivity index (χ4v) is 3.05. The molecule has 0 saturated heterocycles. The third kappa shape index (κ3) is 3.28. The summed E-state index contributed by atoms with van der Waals surface area (Å²) in [6.45, 7) is 0. The number of aromatic amines is 1. The van der Waals surface area contributed by atoms with Crippen LogP contribution < -0.4 is 5.43 Å². The topological polar surface area (TPSA) is 90.4 Å². The van der Waals surface area contributed by atoms with E-state index in [9.17, 15) is 9.90 Å². The molecule has 1 amide bonds. The van der Waals surface area contributed by atoms with Gasteiger partial charge in [0, 0.05) is 0 Å². The van der Waals surface area contributed by atoms with Gasteiger partial charge in [0.25, 0.3) is 5.91 Å². The minimum absolute atomic E-state index is 0.456. The molecule has 4 aromatic rings. The molecule has 0 aliphatic rings. The van der Waals surface area contributed by atoms with Crippen LogP contribution in [0.25, 0.3) is 11.0 Å². The number of hydrogen-bond donors (Lipinski definition) is 3. The van der Waals surface area contributed by atoms with Crippen molar-refractivity contribution in [2.75, 3.05) is 0 Å². The van der Waals surface area contributed by atoms with Crippen LogP contribution in [-0.4, -0.2) is 27.2 Å². The second-order valence-corrected chi connectivity index (χ2v) is 6.28. The molecule has 3 N–H and O–H groups in total. The van der Waals surface area contributed by atoms with Crippen molar-refractivity contribution in [3.63, 3.8) is 0 Å². The van der Waals surface area contributed by atoms with Gasteiger partial charge in [0.1, 0.15) is 0 Å². The van der Waals surface area contributed by atoms with Crippen molar-refractivity contribution in [2.24, 2.45) is 5.10 Å². The molecule has 3 aromatic carbocycles. The zero-order chi connectivity index (χ0) is 19.4. The van der Waals surface area contributed by atoms with Gasteiger partial charge >= 0.3 is 0 Å². The molecular formula is C22H18N4O2. The zero-order valence-corrected chi connectivity index (χ0v) is 14.9. The van der Waals surface area contributed by atoms with Crippen molar-refractivity contribution in [2.45, 2.75) is 5.60 Å². The summed E-state index contributed by atoms with van der Waals surface area (Å²) in [5.74, 6) is -0.151. The van der Waals surface area contributed by atoms with E-state index in [1.165, 1.54) is 6.21 Å². The number of rotatable bonds is 5. The van der Waals surface area contributed by atoms with Crippen LogP contribution in [0.2, 0.25) is 0 Å². The summed E-state index contributed by atoms with van der Waals surface area (Å²) in [6.07, 6.45) is 1.41. The van der Waals surface area contributed by atoms with Gasteiger partial charge in [-0.25, -0.2) is 10.4 Å². The van der Waals surface area contributed by atoms with Crippen LogP contribution >= 0.6 is 0 Å². The fourth-order valence-electron chi connectivity index (χ4n) is 3.05. The summed E-state index contributed by atoms with van der Waals surface area (Å²) in [5, 5.41) is 15.3. The van der Waals surface area contributed by atoms with Crippen molar-refractivity contribution >= 4 is 23.2 Å². The first-order valence-electron chi connectivity index (χ1n) is 8.79. The Morgan fingerprint density at radius 1 is 0.929 bits per heavy atom. The number of nitrogens with zero attached hydrogens (tertiary/aromatic N) is 2. The highest BCUT2D eigenvalue weighted by Crippen LogP contribution is 2.29. The third-order valence-electron chi connectivity index (χ3n) is 4.47. The van der Waals surface area contributed by atoms with Crippen LogP contribution in [0.4, 0.5) is 0 Å². The maximum Gasteiger partial charge on any atom is 0.281 e. The van der Waals surface area contributed by atoms with Gasteiger partial charge in [-0.3, -0.25) is 4.79 Å². The lowest BCUT2D eigenvalue weighted by atomic mass is 9.85. The third-order valence-corrected chi connectivity index (χ3v) is 4.47. The second-order valence-electron chi connectivity index (χ2n) is 6.28. The predicted molar refractivity (Wildman–Crippen MR) is 108 cm³/mol. The molecule has 0 bridgehead atoms. The Morgan fingerprint density at radius 2 is 1.50 bits per heavy atom. The summed E-state index contributed by atoms with van der Waals surface area (Å²) in [5.41, 5.74) is 3.16. The van der Waals surface area contributed by atoms with Crippen LogP contribution in [0.5, 0.6) is 0 Å². The second kappa shape index (κ2) is 7.46. The van der Waals surface area contributed by atoms with Gasteiger partial charge < -0.3 is 10.1 Å². The molecule has 0 aliphatic carbocycles. The van der Waals surface area contributed by atoms with Crippen LogP contribution in [0.15, 0.2) is 90.0 Å². The Labute approximate surface area is 161 Å². The molecule has 0 saturated carbocycles. The molecule has 28 heavy (non-hydrogen) atoms. The van der Waals surface area contributed by atoms with Gasteiger partial charge in [0.05, 0.1) is 17.2 Å². The number of hydrogen-bond acceptors (Lipinski definition) is 4. The van der Waals surface area contributed by atoms with Crippen molar-refractivity contribution in [3.05, 3.63) is 102 Å². The maximum absolute atomic E-state index is 12.9. The van der Waals surface area contributed by atoms with Crippen LogP contribution in [0, 0.1) is 0 Å². The molecule has 6 nitrogen and oxygen atoms in total. The Balaban J connectivity index is 1.61. The van der Waals surface area contributed by atoms with Gasteiger partial charge in [-0.05, 0) is 23.3 Å². The molecule has 0 atom stereocenters. The standard InChI is InChI=1S/C22H18N4O2/c27-21(26-23-15-20-24-18-13-7-8-14-19(18)25-20)22(28,16-9-3-1-4-10-16)17-11-5-2-6-12-17/h1-15,28H,(H,24,25)(H,26,27)/b23-15-. The number of nitrogens with one attached hydrogen (secondary N) is 2. The molecule has 0 aliphatic heterocycles. The highest BCUT2D eigenvalue weighted by Gasteiger charge is 2.39. The van der Waals surface area contributed by atoms with E-state index in [0.29, 0.717) is 17.0 Å². The largest absolute Gasteiger partial charge is 0.372 e. The first-order chi connectivity index (χ1) is 13.7. The quantitative estimate of drug-likeness (QED) is 0.373. The normalized spacial score (nSPS) is 11.8. The molecule has 1 heterocycles. The van der Waals surface area contributed by atoms with E-state index >= 15 is 0 Å². The minimum Gasteiger partial charge on any atom is -0.372 e. The van der Waals surface area contributed by atoms with Crippen LogP contribution in [-0.2, 0) is 10.4 Å². The van der Waals surface area contributed by atoms with Crippen molar-refractivity contribution in [1.82, 2.24) is 15.4 Å². The number of hydrazone groups is 1. The monoisotopic (exact) mass is 370 g/mol. The van der Waals surface area contributed by atoms with Gasteiger partial charge in [-0.15, -0.1) is 0 Å². The van der Waals surface area contributed by atoms with Crippen molar-refractivity contribution in [3.8, 4) is 0 Å². The predicted octanol–water partition coefficient (Wildman–Crippen LogP) is 2.95. The lowest BCUT2D eigenvalue weighted by Crippen LogP contribution is -2.43. The maximum atomic E-state index is 12.9. The smallest absolute Gasteiger partial charge is 0.281 e. The summed E-state index contributed by atoms with van der Waals surface area (Å²) in [6, 6.07) is 25.1. The number of carbonyl (C=O) groups is 1. The van der Waals surface area contributed by atoms with Gasteiger partial charge in [0.2, 0.25) is 0 Å². The SMILES string of the molecule is O=C(N/N=C\c1nc2ccccc2[nH]1)C(O)(c1ccccc1)c1ccccc1. The number of carbonyl (C=O) groups excluding carboxylic acids is 1. The van der Waals surface area contributed by atoms with E-state index in [1.807, 2.05) is 36.4 Å². The number of H-pyrrole nitrogens is 1. The van der Waals surface area contributed by atoms with Crippen LogP contribution in [0.1, 0.15) is 17.0 Å². The first kappa shape index (κ1) is 17.6. The average molecular weight is 370 g/mol. The van der Waals surface area contributed by atoms with E-state index < -0.39 is 11.5 Å². The molecule has 4 rings (SSSR count). The fraction of sp³-hybridized carbons (Fsp3) is 0.0455. The van der Waals surface area contributed by atoms with Gasteiger partial charge in [-0.2, -0.15) is 5.10 Å². The highest BCUT2D eigenvalue weighted by molar-refractivity contribution is 5.91. The van der Waals surface area contributed by atoms with Gasteiger partial charge in [0.15, 0.2) is 11.4 Å². The molecule has 138 valence electrons. The molecule has 0 unspecified atom stereocenters. The van der Waals surface area contributed by atoms with Crippen molar-refractivity contribution < 1.29 is 9.90 Å². The van der Waals surface area contributed by atoms with Gasteiger partial charge in [-0.1, -0.05) is 72.8 Å². The summed E-state index contributed by atoms with van der Waals surface area (Å²) in [4.78, 5) is 20.4. The average Bonchev–Trinajstić information content (AvgIpc) is 3.17. The number of fused-ring (bicyclic) bond motifs is 1. The molecule has 0 fully saturated rings.